The summed E-state index contributed by atoms with van der Waals surface area (Å²) >= 11 is 3.46. The van der Waals surface area contributed by atoms with Crippen LogP contribution < -0.4 is 5.32 Å². The average Bonchev–Trinajstić information content (AvgIpc) is 2.82. The van der Waals surface area contributed by atoms with Crippen molar-refractivity contribution in [3.63, 3.8) is 0 Å². The SMILES string of the molecule is Brc1ccc2nc(CC3CCCN3)ncc2c1. The van der Waals surface area contributed by atoms with Crippen LogP contribution in [0.15, 0.2) is 28.9 Å². The zero-order valence-corrected chi connectivity index (χ0v) is 11.1. The van der Waals surface area contributed by atoms with Crippen LogP contribution in [0.25, 0.3) is 10.9 Å². The molecule has 88 valence electrons. The number of hydrogen-bond acceptors (Lipinski definition) is 3. The smallest absolute Gasteiger partial charge is 0.130 e. The molecule has 0 amide bonds. The molecule has 0 saturated carbocycles. The minimum Gasteiger partial charge on any atom is -0.314 e. The van der Waals surface area contributed by atoms with Crippen molar-refractivity contribution in [3.05, 3.63) is 34.7 Å². The van der Waals surface area contributed by atoms with E-state index in [0.717, 1.165) is 34.2 Å². The Kier molecular flexibility index (Phi) is 3.07. The summed E-state index contributed by atoms with van der Waals surface area (Å²) in [6, 6.07) is 6.66. The summed E-state index contributed by atoms with van der Waals surface area (Å²) in [5.41, 5.74) is 1.02. The molecule has 4 heteroatoms. The Morgan fingerprint density at radius 2 is 2.35 bits per heavy atom. The second kappa shape index (κ2) is 4.70. The van der Waals surface area contributed by atoms with Gasteiger partial charge in [0.1, 0.15) is 5.82 Å². The van der Waals surface area contributed by atoms with Crippen molar-refractivity contribution < 1.29 is 0 Å². The van der Waals surface area contributed by atoms with Crippen LogP contribution >= 0.6 is 15.9 Å². The molecule has 1 fully saturated rings. The van der Waals surface area contributed by atoms with Crippen LogP contribution in [0.2, 0.25) is 0 Å². The van der Waals surface area contributed by atoms with Crippen molar-refractivity contribution in [3.8, 4) is 0 Å². The fraction of sp³-hybridized carbons (Fsp3) is 0.385. The van der Waals surface area contributed by atoms with Gasteiger partial charge in [-0.1, -0.05) is 15.9 Å². The van der Waals surface area contributed by atoms with Gasteiger partial charge in [0.2, 0.25) is 0 Å². The number of aromatic nitrogens is 2. The highest BCUT2D eigenvalue weighted by Crippen LogP contribution is 2.18. The second-order valence-corrected chi connectivity index (χ2v) is 5.40. The molecule has 1 aliphatic rings. The summed E-state index contributed by atoms with van der Waals surface area (Å²) in [6.45, 7) is 1.13. The highest BCUT2D eigenvalue weighted by Gasteiger charge is 2.15. The van der Waals surface area contributed by atoms with E-state index in [9.17, 15) is 0 Å². The first-order valence-corrected chi connectivity index (χ1v) is 6.75. The topological polar surface area (TPSA) is 37.8 Å². The minimum atomic E-state index is 0.558. The lowest BCUT2D eigenvalue weighted by Gasteiger charge is -2.08. The summed E-state index contributed by atoms with van der Waals surface area (Å²) in [5, 5.41) is 4.56. The molecule has 1 unspecified atom stereocenters. The normalized spacial score (nSPS) is 19.9. The van der Waals surface area contributed by atoms with Crippen LogP contribution in [0.4, 0.5) is 0 Å². The fourth-order valence-corrected chi connectivity index (χ4v) is 2.67. The van der Waals surface area contributed by atoms with E-state index in [-0.39, 0.29) is 0 Å². The van der Waals surface area contributed by atoms with Crippen molar-refractivity contribution in [2.75, 3.05) is 6.54 Å². The molecule has 0 bridgehead atoms. The molecule has 1 N–H and O–H groups in total. The van der Waals surface area contributed by atoms with Gasteiger partial charge in [0.05, 0.1) is 5.52 Å². The first-order chi connectivity index (χ1) is 8.31. The number of nitrogens with zero attached hydrogens (tertiary/aromatic N) is 2. The van der Waals surface area contributed by atoms with Crippen LogP contribution in [0.1, 0.15) is 18.7 Å². The molecule has 3 nitrogen and oxygen atoms in total. The lowest BCUT2D eigenvalue weighted by atomic mass is 10.1. The third kappa shape index (κ3) is 2.48. The van der Waals surface area contributed by atoms with Gasteiger partial charge in [-0.05, 0) is 37.6 Å². The summed E-state index contributed by atoms with van der Waals surface area (Å²) in [7, 11) is 0. The van der Waals surface area contributed by atoms with Crippen LogP contribution in [0.5, 0.6) is 0 Å². The van der Waals surface area contributed by atoms with Crippen molar-refractivity contribution in [1.82, 2.24) is 15.3 Å². The van der Waals surface area contributed by atoms with Gasteiger partial charge in [-0.2, -0.15) is 0 Å². The first kappa shape index (κ1) is 11.1. The Labute approximate surface area is 109 Å². The monoisotopic (exact) mass is 291 g/mol. The van der Waals surface area contributed by atoms with Crippen LogP contribution in [-0.2, 0) is 6.42 Å². The fourth-order valence-electron chi connectivity index (χ4n) is 2.29. The lowest BCUT2D eigenvalue weighted by Crippen LogP contribution is -2.24. The third-order valence-electron chi connectivity index (χ3n) is 3.18. The van der Waals surface area contributed by atoms with Gasteiger partial charge in [-0.15, -0.1) is 0 Å². The van der Waals surface area contributed by atoms with Gasteiger partial charge in [0, 0.05) is 28.5 Å². The van der Waals surface area contributed by atoms with E-state index in [4.69, 9.17) is 0 Å². The van der Waals surface area contributed by atoms with Gasteiger partial charge in [0.25, 0.3) is 0 Å². The van der Waals surface area contributed by atoms with Crippen molar-refractivity contribution >= 4 is 26.8 Å². The van der Waals surface area contributed by atoms with E-state index in [1.807, 2.05) is 24.4 Å². The molecule has 1 aliphatic heterocycles. The van der Waals surface area contributed by atoms with Crippen molar-refractivity contribution in [1.29, 1.82) is 0 Å². The van der Waals surface area contributed by atoms with Gasteiger partial charge < -0.3 is 5.32 Å². The molecule has 3 rings (SSSR count). The zero-order chi connectivity index (χ0) is 11.7. The van der Waals surface area contributed by atoms with Gasteiger partial charge in [0.15, 0.2) is 0 Å². The summed E-state index contributed by atoms with van der Waals surface area (Å²) in [5.74, 6) is 0.944. The first-order valence-electron chi connectivity index (χ1n) is 5.96. The molecule has 2 aromatic rings. The van der Waals surface area contributed by atoms with E-state index in [0.29, 0.717) is 6.04 Å². The van der Waals surface area contributed by atoms with Crippen molar-refractivity contribution in [2.45, 2.75) is 25.3 Å². The Morgan fingerprint density at radius 3 is 3.18 bits per heavy atom. The standard InChI is InChI=1S/C13H14BrN3/c14-10-3-4-12-9(6-10)8-16-13(17-12)7-11-2-1-5-15-11/h3-4,6,8,11,15H,1-2,5,7H2. The third-order valence-corrected chi connectivity index (χ3v) is 3.68. The average molecular weight is 292 g/mol. The molecule has 0 spiro atoms. The van der Waals surface area contributed by atoms with Crippen LogP contribution in [-0.4, -0.2) is 22.6 Å². The summed E-state index contributed by atoms with van der Waals surface area (Å²) in [4.78, 5) is 9.05. The molecular weight excluding hydrogens is 278 g/mol. The maximum absolute atomic E-state index is 4.61. The van der Waals surface area contributed by atoms with Gasteiger partial charge >= 0.3 is 0 Å². The number of benzene rings is 1. The molecule has 1 aromatic carbocycles. The summed E-state index contributed by atoms with van der Waals surface area (Å²) in [6.07, 6.45) is 5.36. The summed E-state index contributed by atoms with van der Waals surface area (Å²) < 4.78 is 1.07. The number of hydrogen-bond donors (Lipinski definition) is 1. The Bertz CT molecular complexity index is 535. The number of fused-ring (bicyclic) bond motifs is 1. The molecule has 0 radical (unpaired) electrons. The van der Waals surface area contributed by atoms with E-state index < -0.39 is 0 Å². The predicted molar refractivity (Wildman–Crippen MR) is 72.0 cm³/mol. The van der Waals surface area contributed by atoms with E-state index >= 15 is 0 Å². The quantitative estimate of drug-likeness (QED) is 0.924. The molecule has 0 aliphatic carbocycles. The molecule has 1 aromatic heterocycles. The molecule has 2 heterocycles. The van der Waals surface area contributed by atoms with Crippen LogP contribution in [0.3, 0.4) is 0 Å². The Balaban J connectivity index is 1.88. The molecule has 17 heavy (non-hydrogen) atoms. The maximum atomic E-state index is 4.61. The Hall–Kier alpha value is -1.00. The molecular formula is C13H14BrN3. The Morgan fingerprint density at radius 1 is 1.41 bits per heavy atom. The van der Waals surface area contributed by atoms with Crippen LogP contribution in [0, 0.1) is 0 Å². The van der Waals surface area contributed by atoms with Gasteiger partial charge in [-0.25, -0.2) is 9.97 Å². The predicted octanol–water partition coefficient (Wildman–Crippen LogP) is 2.69. The van der Waals surface area contributed by atoms with Gasteiger partial charge in [-0.3, -0.25) is 0 Å². The highest BCUT2D eigenvalue weighted by atomic mass is 79.9. The molecule has 1 saturated heterocycles. The second-order valence-electron chi connectivity index (χ2n) is 4.49. The highest BCUT2D eigenvalue weighted by molar-refractivity contribution is 9.10. The molecule has 1 atom stereocenters. The van der Waals surface area contributed by atoms with E-state index in [2.05, 4.69) is 31.2 Å². The van der Waals surface area contributed by atoms with Crippen molar-refractivity contribution in [2.24, 2.45) is 0 Å². The lowest BCUT2D eigenvalue weighted by molar-refractivity contribution is 0.586. The number of halogens is 1. The maximum Gasteiger partial charge on any atom is 0.130 e. The zero-order valence-electron chi connectivity index (χ0n) is 9.49. The minimum absolute atomic E-state index is 0.558. The van der Waals surface area contributed by atoms with E-state index in [1.54, 1.807) is 0 Å². The van der Waals surface area contributed by atoms with E-state index in [1.165, 1.54) is 12.8 Å². The number of nitrogens with one attached hydrogen (secondary N) is 1. The number of rotatable bonds is 2. The largest absolute Gasteiger partial charge is 0.314 e.